The fourth-order valence-electron chi connectivity index (χ4n) is 2.27. The molecule has 2 aromatic carbocycles. The number of hydrogen-bond donors (Lipinski definition) is 0. The zero-order valence-electron chi connectivity index (χ0n) is 14.2. The Morgan fingerprint density at radius 3 is 2.42 bits per heavy atom. The van der Waals surface area contributed by atoms with E-state index in [1.807, 2.05) is 30.3 Å². The second-order valence-corrected chi connectivity index (χ2v) is 6.52. The van der Waals surface area contributed by atoms with E-state index >= 15 is 0 Å². The fourth-order valence-corrected chi connectivity index (χ4v) is 2.53. The lowest BCUT2D eigenvalue weighted by atomic mass is 10.2. The third-order valence-electron chi connectivity index (χ3n) is 3.78. The van der Waals surface area contributed by atoms with Crippen molar-refractivity contribution >= 4 is 27.8 Å². The first kappa shape index (κ1) is 17.9. The average Bonchev–Trinajstić information content (AvgIpc) is 2.65. The summed E-state index contributed by atoms with van der Waals surface area (Å²) >= 11 is 3.39. The van der Waals surface area contributed by atoms with Crippen molar-refractivity contribution in [2.75, 3.05) is 0 Å². The van der Waals surface area contributed by atoms with Crippen molar-refractivity contribution in [1.82, 2.24) is 9.13 Å². The Morgan fingerprint density at radius 1 is 1.00 bits per heavy atom. The summed E-state index contributed by atoms with van der Waals surface area (Å²) < 4.78 is 9.08. The number of halogens is 1. The maximum absolute atomic E-state index is 12.0. The monoisotopic (exact) mass is 413 g/mol. The summed E-state index contributed by atoms with van der Waals surface area (Å²) in [7, 11) is 2.97. The molecule has 6 nitrogen and oxygen atoms in total. The van der Waals surface area contributed by atoms with E-state index in [1.165, 1.54) is 17.7 Å². The van der Waals surface area contributed by atoms with Gasteiger partial charge >= 0.3 is 5.69 Å². The van der Waals surface area contributed by atoms with Crippen LogP contribution in [0.2, 0.25) is 0 Å². The topological polar surface area (TPSA) is 65.6 Å². The van der Waals surface area contributed by atoms with Crippen LogP contribution >= 0.6 is 15.9 Å². The molecule has 0 radical (unpaired) electrons. The van der Waals surface area contributed by atoms with Gasteiger partial charge < -0.3 is 4.74 Å². The quantitative estimate of drug-likeness (QED) is 0.615. The first-order chi connectivity index (χ1) is 12.5. The molecule has 3 aromatic rings. The van der Waals surface area contributed by atoms with Gasteiger partial charge in [-0.15, -0.1) is 0 Å². The van der Waals surface area contributed by atoms with Gasteiger partial charge in [0.2, 0.25) is 5.88 Å². The minimum Gasteiger partial charge on any atom is -0.438 e. The second kappa shape index (κ2) is 7.53. The van der Waals surface area contributed by atoms with Gasteiger partial charge in [0.05, 0.1) is 6.07 Å². The van der Waals surface area contributed by atoms with Crippen molar-refractivity contribution in [3.63, 3.8) is 0 Å². The van der Waals surface area contributed by atoms with Gasteiger partial charge in [0.25, 0.3) is 5.56 Å². The lowest BCUT2D eigenvalue weighted by Gasteiger charge is -2.12. The van der Waals surface area contributed by atoms with Crippen molar-refractivity contribution in [1.29, 1.82) is 0 Å². The SMILES string of the molecule is Cn1c(Oc2ccccc2N=Cc2ccc(Br)cc2)cc(=O)n(C)c1=O. The zero-order valence-corrected chi connectivity index (χ0v) is 15.8. The highest BCUT2D eigenvalue weighted by Gasteiger charge is 2.10. The van der Waals surface area contributed by atoms with E-state index in [0.717, 1.165) is 14.6 Å². The summed E-state index contributed by atoms with van der Waals surface area (Å²) in [4.78, 5) is 28.4. The van der Waals surface area contributed by atoms with Gasteiger partial charge in [-0.25, -0.2) is 4.79 Å². The van der Waals surface area contributed by atoms with Crippen LogP contribution in [0.15, 0.2) is 73.7 Å². The standard InChI is InChI=1S/C19H16BrN3O3/c1-22-17(24)11-18(23(2)19(22)25)26-16-6-4-3-5-15(16)21-12-13-7-9-14(20)10-8-13/h3-12H,1-2H3. The average molecular weight is 414 g/mol. The molecule has 3 rings (SSSR count). The highest BCUT2D eigenvalue weighted by atomic mass is 79.9. The van der Waals surface area contributed by atoms with Crippen molar-refractivity contribution in [2.24, 2.45) is 19.1 Å². The van der Waals surface area contributed by atoms with Crippen LogP contribution in [-0.2, 0) is 14.1 Å². The smallest absolute Gasteiger partial charge is 0.333 e. The molecule has 1 heterocycles. The van der Waals surface area contributed by atoms with E-state index in [1.54, 1.807) is 31.5 Å². The molecule has 132 valence electrons. The van der Waals surface area contributed by atoms with E-state index in [-0.39, 0.29) is 5.88 Å². The lowest BCUT2D eigenvalue weighted by Crippen LogP contribution is -2.36. The Hall–Kier alpha value is -2.93. The van der Waals surface area contributed by atoms with Crippen LogP contribution in [0.25, 0.3) is 0 Å². The molecule has 0 N–H and O–H groups in total. The summed E-state index contributed by atoms with van der Waals surface area (Å²) in [6, 6.07) is 16.2. The maximum atomic E-state index is 12.0. The van der Waals surface area contributed by atoms with Crippen LogP contribution in [0.5, 0.6) is 11.6 Å². The minimum atomic E-state index is -0.455. The summed E-state index contributed by atoms with van der Waals surface area (Å²) in [5, 5.41) is 0. The van der Waals surface area contributed by atoms with Crippen molar-refractivity contribution in [3.8, 4) is 11.6 Å². The summed E-state index contributed by atoms with van der Waals surface area (Å²) in [5.74, 6) is 0.605. The van der Waals surface area contributed by atoms with Gasteiger partial charge in [0.15, 0.2) is 5.75 Å². The first-order valence-electron chi connectivity index (χ1n) is 7.79. The van der Waals surface area contributed by atoms with E-state index in [2.05, 4.69) is 20.9 Å². The fraction of sp³-hybridized carbons (Fsp3) is 0.105. The third-order valence-corrected chi connectivity index (χ3v) is 4.31. The highest BCUT2D eigenvalue weighted by Crippen LogP contribution is 2.30. The van der Waals surface area contributed by atoms with Gasteiger partial charge in [0, 0.05) is 24.8 Å². The first-order valence-corrected chi connectivity index (χ1v) is 8.58. The number of para-hydroxylation sites is 2. The molecule has 0 aliphatic heterocycles. The van der Waals surface area contributed by atoms with Crippen molar-refractivity contribution < 1.29 is 4.74 Å². The molecule has 0 atom stereocenters. The number of rotatable bonds is 4. The summed E-state index contributed by atoms with van der Waals surface area (Å²) in [6.45, 7) is 0. The number of hydrogen-bond acceptors (Lipinski definition) is 4. The third kappa shape index (κ3) is 3.83. The molecule has 0 spiro atoms. The number of ether oxygens (including phenoxy) is 1. The van der Waals surface area contributed by atoms with Gasteiger partial charge in [-0.05, 0) is 29.8 Å². The number of nitrogens with zero attached hydrogens (tertiary/aromatic N) is 3. The van der Waals surface area contributed by atoms with Crippen molar-refractivity contribution in [2.45, 2.75) is 0 Å². The molecule has 1 aromatic heterocycles. The number of aliphatic imine (C=N–C) groups is 1. The van der Waals surface area contributed by atoms with Crippen LogP contribution in [0.1, 0.15) is 5.56 Å². The van der Waals surface area contributed by atoms with Crippen LogP contribution in [0.3, 0.4) is 0 Å². The largest absolute Gasteiger partial charge is 0.438 e. The number of aromatic nitrogens is 2. The predicted molar refractivity (Wildman–Crippen MR) is 105 cm³/mol. The molecule has 0 bridgehead atoms. The van der Waals surface area contributed by atoms with Crippen LogP contribution in [0.4, 0.5) is 5.69 Å². The van der Waals surface area contributed by atoms with Gasteiger partial charge in [0.1, 0.15) is 5.69 Å². The Kier molecular flexibility index (Phi) is 5.18. The summed E-state index contributed by atoms with van der Waals surface area (Å²) in [5.41, 5.74) is 0.634. The molecule has 0 saturated heterocycles. The van der Waals surface area contributed by atoms with E-state index in [4.69, 9.17) is 4.74 Å². The number of benzene rings is 2. The van der Waals surface area contributed by atoms with Gasteiger partial charge in [-0.3, -0.25) is 18.9 Å². The van der Waals surface area contributed by atoms with E-state index in [9.17, 15) is 9.59 Å². The Labute approximate surface area is 158 Å². The Morgan fingerprint density at radius 2 is 1.69 bits per heavy atom. The second-order valence-electron chi connectivity index (χ2n) is 5.60. The maximum Gasteiger partial charge on any atom is 0.333 e. The predicted octanol–water partition coefficient (Wildman–Crippen LogP) is 3.39. The van der Waals surface area contributed by atoms with Crippen LogP contribution < -0.4 is 16.0 Å². The Balaban J connectivity index is 1.94. The molecule has 0 amide bonds. The molecular formula is C19H16BrN3O3. The molecule has 0 fully saturated rings. The van der Waals surface area contributed by atoms with Crippen LogP contribution in [0, 0.1) is 0 Å². The van der Waals surface area contributed by atoms with Gasteiger partial charge in [-0.2, -0.15) is 0 Å². The lowest BCUT2D eigenvalue weighted by molar-refractivity contribution is 0.424. The highest BCUT2D eigenvalue weighted by molar-refractivity contribution is 9.10. The normalized spacial score (nSPS) is 11.0. The molecule has 0 aliphatic rings. The van der Waals surface area contributed by atoms with Gasteiger partial charge in [-0.1, -0.05) is 40.2 Å². The van der Waals surface area contributed by atoms with E-state index in [0.29, 0.717) is 11.4 Å². The molecule has 0 saturated carbocycles. The zero-order chi connectivity index (χ0) is 18.7. The Bertz CT molecular complexity index is 1080. The van der Waals surface area contributed by atoms with E-state index < -0.39 is 11.2 Å². The molecule has 26 heavy (non-hydrogen) atoms. The molecule has 7 heteroatoms. The molecule has 0 aliphatic carbocycles. The van der Waals surface area contributed by atoms with Crippen LogP contribution in [-0.4, -0.2) is 15.3 Å². The summed E-state index contributed by atoms with van der Waals surface area (Å²) in [6.07, 6.45) is 1.72. The molecular weight excluding hydrogens is 398 g/mol. The molecule has 0 unspecified atom stereocenters. The van der Waals surface area contributed by atoms with Crippen molar-refractivity contribution in [3.05, 3.63) is 85.5 Å². The minimum absolute atomic E-state index is 0.157.